The fourth-order valence-electron chi connectivity index (χ4n) is 2.03. The highest BCUT2D eigenvalue weighted by atomic mass is 35.5. The summed E-state index contributed by atoms with van der Waals surface area (Å²) in [5.41, 5.74) is 0.628. The van der Waals surface area contributed by atoms with Gasteiger partial charge in [-0.25, -0.2) is 4.98 Å². The largest absolute Gasteiger partial charge is 0.294 e. The van der Waals surface area contributed by atoms with Crippen molar-refractivity contribution < 1.29 is 0 Å². The highest BCUT2D eigenvalue weighted by molar-refractivity contribution is 6.35. The molecule has 17 heavy (non-hydrogen) atoms. The molecule has 0 amide bonds. The Morgan fingerprint density at radius 2 is 2.12 bits per heavy atom. The molecular weight excluding hydrogens is 236 g/mol. The lowest BCUT2D eigenvalue weighted by Crippen LogP contribution is -2.26. The summed E-state index contributed by atoms with van der Waals surface area (Å²) in [4.78, 5) is 16.9. The number of hydrogen-bond acceptors (Lipinski definition) is 2. The number of aromatic nitrogens is 2. The van der Waals surface area contributed by atoms with Crippen molar-refractivity contribution in [2.24, 2.45) is 0 Å². The molecule has 4 heteroatoms. The van der Waals surface area contributed by atoms with E-state index in [1.54, 1.807) is 10.6 Å². The minimum Gasteiger partial charge on any atom is -0.294 e. The third kappa shape index (κ3) is 1.95. The monoisotopic (exact) mass is 250 g/mol. The molecule has 0 spiro atoms. The topological polar surface area (TPSA) is 34.9 Å². The molecule has 0 unspecified atom stereocenters. The smallest absolute Gasteiger partial charge is 0.263 e. The molecule has 2 aromatic rings. The number of rotatable bonds is 2. The minimum absolute atomic E-state index is 0.0487. The predicted octanol–water partition coefficient (Wildman–Crippen LogP) is 3.19. The second-order valence-electron chi connectivity index (χ2n) is 4.28. The minimum atomic E-state index is -0.0487. The van der Waals surface area contributed by atoms with Gasteiger partial charge in [0, 0.05) is 12.5 Å². The lowest BCUT2D eigenvalue weighted by Gasteiger charge is -2.15. The molecule has 0 aliphatic rings. The van der Waals surface area contributed by atoms with E-state index >= 15 is 0 Å². The number of nitrogens with zero attached hydrogens (tertiary/aromatic N) is 2. The molecule has 0 radical (unpaired) electrons. The van der Waals surface area contributed by atoms with Crippen LogP contribution in [0.5, 0.6) is 0 Å². The highest BCUT2D eigenvalue weighted by Gasteiger charge is 2.13. The van der Waals surface area contributed by atoms with E-state index in [2.05, 4.69) is 4.98 Å². The van der Waals surface area contributed by atoms with Gasteiger partial charge in [0.05, 0.1) is 15.9 Å². The summed E-state index contributed by atoms with van der Waals surface area (Å²) in [7, 11) is 0. The summed E-state index contributed by atoms with van der Waals surface area (Å²) < 4.78 is 1.72. The fraction of sp³-hybridized carbons (Fsp3) is 0.385. The van der Waals surface area contributed by atoms with Crippen molar-refractivity contribution in [2.45, 2.75) is 33.2 Å². The van der Waals surface area contributed by atoms with Crippen LogP contribution in [-0.4, -0.2) is 9.55 Å². The average molecular weight is 251 g/mol. The van der Waals surface area contributed by atoms with E-state index in [1.165, 1.54) is 0 Å². The van der Waals surface area contributed by atoms with Crippen LogP contribution < -0.4 is 5.56 Å². The Morgan fingerprint density at radius 1 is 1.41 bits per heavy atom. The quantitative estimate of drug-likeness (QED) is 0.821. The number of benzene rings is 1. The standard InChI is InChI=1S/C13H15ClN2O/c1-4-11-15-10-7-5-6-9(14)12(10)13(17)16(11)8(2)3/h5-8H,4H2,1-3H3. The Labute approximate surface area is 105 Å². The molecule has 0 bridgehead atoms. The van der Waals surface area contributed by atoms with Crippen molar-refractivity contribution in [1.29, 1.82) is 0 Å². The summed E-state index contributed by atoms with van der Waals surface area (Å²) >= 11 is 6.08. The van der Waals surface area contributed by atoms with Gasteiger partial charge in [0.2, 0.25) is 0 Å². The summed E-state index contributed by atoms with van der Waals surface area (Å²) in [6.07, 6.45) is 0.732. The zero-order valence-corrected chi connectivity index (χ0v) is 11.0. The maximum Gasteiger partial charge on any atom is 0.263 e. The second-order valence-corrected chi connectivity index (χ2v) is 4.69. The third-order valence-corrected chi connectivity index (χ3v) is 3.10. The SMILES string of the molecule is CCc1nc2cccc(Cl)c2c(=O)n1C(C)C. The number of halogens is 1. The molecule has 1 heterocycles. The molecule has 0 atom stereocenters. The van der Waals surface area contributed by atoms with Crippen LogP contribution in [0.1, 0.15) is 32.6 Å². The molecule has 2 rings (SSSR count). The molecule has 90 valence electrons. The van der Waals surface area contributed by atoms with E-state index in [0.717, 1.165) is 12.2 Å². The summed E-state index contributed by atoms with van der Waals surface area (Å²) in [6.45, 7) is 5.95. The molecular formula is C13H15ClN2O. The molecule has 0 saturated heterocycles. The molecule has 3 nitrogen and oxygen atoms in total. The van der Waals surface area contributed by atoms with E-state index in [9.17, 15) is 4.79 Å². The van der Waals surface area contributed by atoms with Crippen LogP contribution in [0.25, 0.3) is 10.9 Å². The van der Waals surface area contributed by atoms with E-state index < -0.39 is 0 Å². The molecule has 0 aliphatic carbocycles. The van der Waals surface area contributed by atoms with Crippen molar-refractivity contribution in [3.8, 4) is 0 Å². The second kappa shape index (κ2) is 4.49. The zero-order chi connectivity index (χ0) is 12.6. The van der Waals surface area contributed by atoms with Gasteiger partial charge in [0.25, 0.3) is 5.56 Å². The Balaban J connectivity index is 2.95. The highest BCUT2D eigenvalue weighted by Crippen LogP contribution is 2.20. The normalized spacial score (nSPS) is 11.4. The van der Waals surface area contributed by atoms with Crippen molar-refractivity contribution in [3.63, 3.8) is 0 Å². The van der Waals surface area contributed by atoms with E-state index in [4.69, 9.17) is 11.6 Å². The van der Waals surface area contributed by atoms with Gasteiger partial charge in [-0.3, -0.25) is 9.36 Å². The van der Waals surface area contributed by atoms with Crippen LogP contribution >= 0.6 is 11.6 Å². The zero-order valence-electron chi connectivity index (χ0n) is 10.2. The van der Waals surface area contributed by atoms with Gasteiger partial charge in [-0.15, -0.1) is 0 Å². The molecule has 0 fully saturated rings. The van der Waals surface area contributed by atoms with Crippen LogP contribution in [0.3, 0.4) is 0 Å². The third-order valence-electron chi connectivity index (χ3n) is 2.78. The Morgan fingerprint density at radius 3 is 2.71 bits per heavy atom. The van der Waals surface area contributed by atoms with Gasteiger partial charge in [0.15, 0.2) is 0 Å². The van der Waals surface area contributed by atoms with Crippen LogP contribution in [-0.2, 0) is 6.42 Å². The lowest BCUT2D eigenvalue weighted by atomic mass is 10.2. The molecule has 0 N–H and O–H groups in total. The van der Waals surface area contributed by atoms with E-state index in [0.29, 0.717) is 15.9 Å². The van der Waals surface area contributed by atoms with Gasteiger partial charge in [0.1, 0.15) is 5.82 Å². The van der Waals surface area contributed by atoms with Crippen LogP contribution in [0, 0.1) is 0 Å². The maximum atomic E-state index is 12.4. The lowest BCUT2D eigenvalue weighted by molar-refractivity contribution is 0.543. The maximum absolute atomic E-state index is 12.4. The summed E-state index contributed by atoms with van der Waals surface area (Å²) in [6, 6.07) is 5.46. The Bertz CT molecular complexity index is 617. The Kier molecular flexibility index (Phi) is 3.20. The molecule has 1 aromatic heterocycles. The first-order chi connectivity index (χ1) is 8.06. The van der Waals surface area contributed by atoms with Crippen molar-refractivity contribution in [2.75, 3.05) is 0 Å². The average Bonchev–Trinajstić information content (AvgIpc) is 2.27. The first kappa shape index (κ1) is 12.1. The van der Waals surface area contributed by atoms with Gasteiger partial charge in [-0.2, -0.15) is 0 Å². The molecule has 1 aromatic carbocycles. The van der Waals surface area contributed by atoms with Crippen molar-refractivity contribution in [3.05, 3.63) is 39.4 Å². The van der Waals surface area contributed by atoms with Gasteiger partial charge >= 0.3 is 0 Å². The van der Waals surface area contributed by atoms with E-state index in [-0.39, 0.29) is 11.6 Å². The van der Waals surface area contributed by atoms with E-state index in [1.807, 2.05) is 32.9 Å². The fourth-order valence-corrected chi connectivity index (χ4v) is 2.28. The first-order valence-corrected chi connectivity index (χ1v) is 6.13. The van der Waals surface area contributed by atoms with Crippen molar-refractivity contribution in [1.82, 2.24) is 9.55 Å². The van der Waals surface area contributed by atoms with Crippen LogP contribution in [0.4, 0.5) is 0 Å². The first-order valence-electron chi connectivity index (χ1n) is 5.76. The predicted molar refractivity (Wildman–Crippen MR) is 70.8 cm³/mol. The van der Waals surface area contributed by atoms with Gasteiger partial charge in [-0.1, -0.05) is 24.6 Å². The molecule has 0 saturated carbocycles. The van der Waals surface area contributed by atoms with Crippen LogP contribution in [0.2, 0.25) is 5.02 Å². The number of hydrogen-bond donors (Lipinski definition) is 0. The molecule has 0 aliphatic heterocycles. The van der Waals surface area contributed by atoms with Gasteiger partial charge < -0.3 is 0 Å². The van der Waals surface area contributed by atoms with Crippen molar-refractivity contribution >= 4 is 22.5 Å². The van der Waals surface area contributed by atoms with Gasteiger partial charge in [-0.05, 0) is 26.0 Å². The van der Waals surface area contributed by atoms with Crippen LogP contribution in [0.15, 0.2) is 23.0 Å². The Hall–Kier alpha value is -1.35. The number of fused-ring (bicyclic) bond motifs is 1. The summed E-state index contributed by atoms with van der Waals surface area (Å²) in [5, 5.41) is 0.983. The number of aryl methyl sites for hydroxylation is 1. The summed E-state index contributed by atoms with van der Waals surface area (Å²) in [5.74, 6) is 0.805.